The normalized spacial score (nSPS) is 24.7. The Morgan fingerprint density at radius 2 is 1.96 bits per heavy atom. The second-order valence-electron chi connectivity index (χ2n) is 6.03. The Hall–Kier alpha value is -1.89. The molecule has 0 saturated heterocycles. The molecule has 0 fully saturated rings. The van der Waals surface area contributed by atoms with Gasteiger partial charge in [-0.05, 0) is 52.1 Å². The number of nitro benzene ring substituents is 1. The fourth-order valence-electron chi connectivity index (χ4n) is 3.72. The van der Waals surface area contributed by atoms with Gasteiger partial charge < -0.3 is 5.32 Å². The highest BCUT2D eigenvalue weighted by Gasteiger charge is 2.38. The van der Waals surface area contributed by atoms with Gasteiger partial charge in [0, 0.05) is 21.6 Å². The zero-order valence-corrected chi connectivity index (χ0v) is 14.4. The lowest BCUT2D eigenvalue weighted by molar-refractivity contribution is -0.384. The molecule has 3 atom stereocenters. The lowest BCUT2D eigenvalue weighted by Crippen LogP contribution is -2.29. The van der Waals surface area contributed by atoms with E-state index in [9.17, 15) is 10.1 Å². The molecule has 2 aliphatic rings. The average molecular weight is 418 g/mol. The van der Waals surface area contributed by atoms with Crippen LogP contribution in [0.4, 0.5) is 11.4 Å². The quantitative estimate of drug-likeness (QED) is 0.322. The first kappa shape index (κ1) is 14.7. The summed E-state index contributed by atoms with van der Waals surface area (Å²) in [5.74, 6) is 0.878. The molecule has 2 aromatic rings. The molecule has 2 aromatic carbocycles. The summed E-state index contributed by atoms with van der Waals surface area (Å²) in [4.78, 5) is 10.5. The fourth-order valence-corrected chi connectivity index (χ4v) is 4.39. The number of nitro groups is 1. The summed E-state index contributed by atoms with van der Waals surface area (Å²) < 4.78 is 1.21. The summed E-state index contributed by atoms with van der Waals surface area (Å²) in [6, 6.07) is 13.6. The van der Waals surface area contributed by atoms with E-state index in [-0.39, 0.29) is 16.7 Å². The summed E-state index contributed by atoms with van der Waals surface area (Å²) in [5, 5.41) is 14.5. The number of allylic oxidation sites excluding steroid dienone is 2. The molecule has 1 N–H and O–H groups in total. The zero-order valence-electron chi connectivity index (χ0n) is 12.3. The summed E-state index contributed by atoms with van der Waals surface area (Å²) in [6.07, 6.45) is 5.59. The van der Waals surface area contributed by atoms with Crippen molar-refractivity contribution in [3.8, 4) is 0 Å². The first-order valence-electron chi connectivity index (χ1n) is 7.61. The number of nitrogens with one attached hydrogen (secondary N) is 1. The molecular weight excluding hydrogens is 403 g/mol. The monoisotopic (exact) mass is 418 g/mol. The number of rotatable bonds is 2. The van der Waals surface area contributed by atoms with E-state index in [0.29, 0.717) is 11.8 Å². The molecule has 0 saturated carbocycles. The second kappa shape index (κ2) is 5.63. The predicted molar refractivity (Wildman–Crippen MR) is 98.6 cm³/mol. The van der Waals surface area contributed by atoms with Gasteiger partial charge in [-0.25, -0.2) is 0 Å². The van der Waals surface area contributed by atoms with Gasteiger partial charge in [0.15, 0.2) is 0 Å². The number of anilines is 1. The Kier molecular flexibility index (Phi) is 3.60. The first-order valence-corrected chi connectivity index (χ1v) is 8.69. The summed E-state index contributed by atoms with van der Waals surface area (Å²) in [7, 11) is 0. The van der Waals surface area contributed by atoms with Crippen molar-refractivity contribution in [3.63, 3.8) is 0 Å². The van der Waals surface area contributed by atoms with E-state index in [0.717, 1.165) is 12.0 Å². The molecule has 23 heavy (non-hydrogen) atoms. The predicted octanol–water partition coefficient (Wildman–Crippen LogP) is 5.03. The second-order valence-corrected chi connectivity index (χ2v) is 7.19. The van der Waals surface area contributed by atoms with Crippen molar-refractivity contribution >= 4 is 34.0 Å². The van der Waals surface area contributed by atoms with E-state index in [1.54, 1.807) is 12.1 Å². The van der Waals surface area contributed by atoms with Gasteiger partial charge in [0.25, 0.3) is 5.69 Å². The van der Waals surface area contributed by atoms with Crippen LogP contribution < -0.4 is 5.32 Å². The molecule has 1 aliphatic carbocycles. The number of nitrogens with zero attached hydrogens (tertiary/aromatic N) is 1. The lowest BCUT2D eigenvalue weighted by atomic mass is 9.77. The Balaban J connectivity index is 1.75. The molecule has 116 valence electrons. The molecule has 5 heteroatoms. The number of fused-ring (bicyclic) bond motifs is 3. The van der Waals surface area contributed by atoms with E-state index < -0.39 is 0 Å². The number of para-hydroxylation sites is 1. The summed E-state index contributed by atoms with van der Waals surface area (Å²) >= 11 is 2.36. The highest BCUT2D eigenvalue weighted by Crippen LogP contribution is 2.50. The number of hydrogen-bond donors (Lipinski definition) is 1. The van der Waals surface area contributed by atoms with Gasteiger partial charge in [0.05, 0.1) is 16.7 Å². The minimum Gasteiger partial charge on any atom is -0.377 e. The zero-order chi connectivity index (χ0) is 16.0. The van der Waals surface area contributed by atoms with Crippen molar-refractivity contribution < 1.29 is 4.92 Å². The Bertz CT molecular complexity index is 801. The van der Waals surface area contributed by atoms with Gasteiger partial charge >= 0.3 is 0 Å². The third-order valence-electron chi connectivity index (χ3n) is 4.81. The number of benzene rings is 2. The molecule has 0 unspecified atom stereocenters. The topological polar surface area (TPSA) is 55.2 Å². The van der Waals surface area contributed by atoms with Crippen LogP contribution in [0.15, 0.2) is 54.6 Å². The van der Waals surface area contributed by atoms with Crippen LogP contribution in [0.25, 0.3) is 0 Å². The molecule has 0 bridgehead atoms. The maximum Gasteiger partial charge on any atom is 0.269 e. The van der Waals surface area contributed by atoms with E-state index >= 15 is 0 Å². The maximum atomic E-state index is 10.9. The molecule has 0 aromatic heterocycles. The lowest BCUT2D eigenvalue weighted by Gasteiger charge is -2.38. The van der Waals surface area contributed by atoms with Crippen LogP contribution in [0, 0.1) is 19.6 Å². The van der Waals surface area contributed by atoms with Crippen LogP contribution in [-0.2, 0) is 0 Å². The molecule has 4 nitrogen and oxygen atoms in total. The molecule has 0 amide bonds. The Labute approximate surface area is 147 Å². The number of non-ortho nitro benzene ring substituents is 1. The van der Waals surface area contributed by atoms with Gasteiger partial charge in [0.2, 0.25) is 0 Å². The van der Waals surface area contributed by atoms with E-state index in [2.05, 4.69) is 58.3 Å². The van der Waals surface area contributed by atoms with Gasteiger partial charge in [-0.2, -0.15) is 0 Å². The fraction of sp³-hybridized carbons (Fsp3) is 0.222. The molecule has 0 radical (unpaired) electrons. The van der Waals surface area contributed by atoms with Crippen LogP contribution >= 0.6 is 22.6 Å². The smallest absolute Gasteiger partial charge is 0.269 e. The number of halogens is 1. The minimum absolute atomic E-state index is 0.139. The molecular formula is C18H15IN2O2. The molecule has 0 spiro atoms. The number of hydrogen-bond acceptors (Lipinski definition) is 3. The summed E-state index contributed by atoms with van der Waals surface area (Å²) in [6.45, 7) is 0. The SMILES string of the molecule is O=[N+]([O-])c1ccc([C@H]2Nc3c(I)cccc3[C@H]3C=CC[C@H]32)cc1. The first-order chi connectivity index (χ1) is 11.1. The Morgan fingerprint density at radius 1 is 1.17 bits per heavy atom. The van der Waals surface area contributed by atoms with Crippen molar-refractivity contribution in [1.82, 2.24) is 0 Å². The molecule has 4 rings (SSSR count). The standard InChI is InChI=1S/C18H15IN2O2/c19-16-6-2-5-15-13-3-1-4-14(13)17(20-18(15)16)11-7-9-12(10-8-11)21(22)23/h1-3,5-10,13-14,17,20H,4H2/t13-,14+,17+/m0/s1. The van der Waals surface area contributed by atoms with Crippen molar-refractivity contribution in [3.05, 3.63) is 79.4 Å². The van der Waals surface area contributed by atoms with Crippen molar-refractivity contribution in [2.45, 2.75) is 18.4 Å². The van der Waals surface area contributed by atoms with Crippen LogP contribution in [-0.4, -0.2) is 4.92 Å². The van der Waals surface area contributed by atoms with Crippen molar-refractivity contribution in [2.75, 3.05) is 5.32 Å². The van der Waals surface area contributed by atoms with Crippen LogP contribution in [0.5, 0.6) is 0 Å². The minimum atomic E-state index is -0.351. The van der Waals surface area contributed by atoms with Gasteiger partial charge in [0.1, 0.15) is 0 Å². The third-order valence-corrected chi connectivity index (χ3v) is 5.71. The maximum absolute atomic E-state index is 10.9. The van der Waals surface area contributed by atoms with E-state index in [1.807, 2.05) is 12.1 Å². The van der Waals surface area contributed by atoms with E-state index in [1.165, 1.54) is 14.8 Å². The van der Waals surface area contributed by atoms with Gasteiger partial charge in [-0.3, -0.25) is 10.1 Å². The van der Waals surface area contributed by atoms with Gasteiger partial charge in [-0.1, -0.05) is 36.4 Å². The van der Waals surface area contributed by atoms with Crippen LogP contribution in [0.1, 0.15) is 29.5 Å². The van der Waals surface area contributed by atoms with Crippen molar-refractivity contribution in [1.29, 1.82) is 0 Å². The highest BCUT2D eigenvalue weighted by atomic mass is 127. The largest absolute Gasteiger partial charge is 0.377 e. The Morgan fingerprint density at radius 3 is 2.70 bits per heavy atom. The summed E-state index contributed by atoms with van der Waals surface area (Å²) in [5.41, 5.74) is 3.80. The third kappa shape index (κ3) is 2.43. The molecule has 1 heterocycles. The van der Waals surface area contributed by atoms with E-state index in [4.69, 9.17) is 0 Å². The van der Waals surface area contributed by atoms with Crippen LogP contribution in [0.2, 0.25) is 0 Å². The average Bonchev–Trinajstić information content (AvgIpc) is 3.04. The molecule has 1 aliphatic heterocycles. The van der Waals surface area contributed by atoms with Gasteiger partial charge in [-0.15, -0.1) is 0 Å². The van der Waals surface area contributed by atoms with Crippen LogP contribution in [0.3, 0.4) is 0 Å². The van der Waals surface area contributed by atoms with Crippen molar-refractivity contribution in [2.24, 2.45) is 5.92 Å². The highest BCUT2D eigenvalue weighted by molar-refractivity contribution is 14.1.